The summed E-state index contributed by atoms with van der Waals surface area (Å²) in [4.78, 5) is 0. The van der Waals surface area contributed by atoms with Gasteiger partial charge in [0, 0.05) is 11.1 Å². The van der Waals surface area contributed by atoms with Gasteiger partial charge in [-0.05, 0) is 25.5 Å². The predicted octanol–water partition coefficient (Wildman–Crippen LogP) is 1.40. The highest BCUT2D eigenvalue weighted by Gasteiger charge is 2.24. The lowest BCUT2D eigenvalue weighted by Crippen LogP contribution is -2.10. The normalized spacial score (nSPS) is 19.8. The van der Waals surface area contributed by atoms with Crippen molar-refractivity contribution in [2.45, 2.75) is 19.9 Å². The molecule has 1 aromatic carbocycles. The Hall–Kier alpha value is -1.22. The number of hydrogen-bond acceptors (Lipinski definition) is 3. The van der Waals surface area contributed by atoms with Gasteiger partial charge in [-0.25, -0.2) is 0 Å². The Labute approximate surface area is 77.1 Å². The van der Waals surface area contributed by atoms with Gasteiger partial charge in [0.2, 0.25) is 0 Å². The third-order valence-electron chi connectivity index (χ3n) is 2.51. The van der Waals surface area contributed by atoms with Crippen LogP contribution in [0.15, 0.2) is 6.07 Å². The van der Waals surface area contributed by atoms with Gasteiger partial charge >= 0.3 is 0 Å². The summed E-state index contributed by atoms with van der Waals surface area (Å²) in [7, 11) is 0. The minimum atomic E-state index is -0.0481. The molecule has 0 spiro atoms. The van der Waals surface area contributed by atoms with Crippen LogP contribution in [0.3, 0.4) is 0 Å². The van der Waals surface area contributed by atoms with Crippen molar-refractivity contribution < 1.29 is 9.84 Å². The molecule has 0 amide bonds. The van der Waals surface area contributed by atoms with E-state index in [0.717, 1.165) is 22.4 Å². The molecule has 1 aromatic rings. The van der Waals surface area contributed by atoms with Gasteiger partial charge in [-0.2, -0.15) is 0 Å². The van der Waals surface area contributed by atoms with Gasteiger partial charge in [0.15, 0.2) is 0 Å². The number of ether oxygens (including phenoxy) is 1. The van der Waals surface area contributed by atoms with Crippen LogP contribution in [-0.4, -0.2) is 11.7 Å². The number of nitrogens with two attached hydrogens (primary N) is 1. The van der Waals surface area contributed by atoms with E-state index in [2.05, 4.69) is 0 Å². The van der Waals surface area contributed by atoms with Crippen LogP contribution in [0.5, 0.6) is 11.5 Å². The molecule has 3 heteroatoms. The predicted molar refractivity (Wildman–Crippen MR) is 50.0 cm³/mol. The summed E-state index contributed by atoms with van der Waals surface area (Å²) in [5.41, 5.74) is 8.49. The number of rotatable bonds is 0. The van der Waals surface area contributed by atoms with E-state index in [4.69, 9.17) is 10.5 Å². The number of aryl methyl sites for hydroxylation is 1. The highest BCUT2D eigenvalue weighted by atomic mass is 16.5. The van der Waals surface area contributed by atoms with Crippen LogP contribution in [0.2, 0.25) is 0 Å². The van der Waals surface area contributed by atoms with Crippen LogP contribution >= 0.6 is 0 Å². The summed E-state index contributed by atoms with van der Waals surface area (Å²) < 4.78 is 5.39. The van der Waals surface area contributed by atoms with E-state index in [9.17, 15) is 5.11 Å². The molecular formula is C10H13NO2. The highest BCUT2D eigenvalue weighted by molar-refractivity contribution is 5.55. The number of aromatic hydroxyl groups is 1. The van der Waals surface area contributed by atoms with Crippen LogP contribution in [0.1, 0.15) is 22.7 Å². The summed E-state index contributed by atoms with van der Waals surface area (Å²) in [6.07, 6.45) is 0. The standard InChI is InChI=1S/C10H13NO2/c1-5-3-7-8(11)4-13-10(7)6(2)9(5)12/h3,8,12H,4,11H2,1-2H3/t8-/m0/s1. The zero-order valence-electron chi connectivity index (χ0n) is 7.79. The topological polar surface area (TPSA) is 55.5 Å². The molecule has 0 bridgehead atoms. The second-order valence-electron chi connectivity index (χ2n) is 3.50. The molecule has 0 radical (unpaired) electrons. The van der Waals surface area contributed by atoms with Crippen LogP contribution in [0.4, 0.5) is 0 Å². The van der Waals surface area contributed by atoms with Crippen molar-refractivity contribution in [3.05, 3.63) is 22.8 Å². The van der Waals surface area contributed by atoms with Crippen molar-refractivity contribution >= 4 is 0 Å². The second-order valence-corrected chi connectivity index (χ2v) is 3.50. The molecule has 2 rings (SSSR count). The van der Waals surface area contributed by atoms with Crippen LogP contribution < -0.4 is 10.5 Å². The van der Waals surface area contributed by atoms with Crippen molar-refractivity contribution in [2.75, 3.05) is 6.61 Å². The van der Waals surface area contributed by atoms with Gasteiger partial charge in [-0.1, -0.05) is 0 Å². The minimum Gasteiger partial charge on any atom is -0.507 e. The molecule has 13 heavy (non-hydrogen) atoms. The number of phenolic OH excluding ortho intramolecular Hbond substituents is 1. The molecule has 0 saturated carbocycles. The molecule has 70 valence electrons. The average molecular weight is 179 g/mol. The highest BCUT2D eigenvalue weighted by Crippen LogP contribution is 2.40. The van der Waals surface area contributed by atoms with E-state index >= 15 is 0 Å². The Bertz CT molecular complexity index is 360. The fourth-order valence-corrected chi connectivity index (χ4v) is 1.72. The molecule has 0 aromatic heterocycles. The quantitative estimate of drug-likeness (QED) is 0.633. The van der Waals surface area contributed by atoms with Crippen molar-refractivity contribution in [3.63, 3.8) is 0 Å². The molecule has 0 unspecified atom stereocenters. The van der Waals surface area contributed by atoms with Gasteiger partial charge in [-0.3, -0.25) is 0 Å². The minimum absolute atomic E-state index is 0.0481. The smallest absolute Gasteiger partial charge is 0.130 e. The number of benzene rings is 1. The fraction of sp³-hybridized carbons (Fsp3) is 0.400. The molecule has 0 saturated heterocycles. The Balaban J connectivity index is 2.67. The van der Waals surface area contributed by atoms with Crippen LogP contribution in [0.25, 0.3) is 0 Å². The van der Waals surface area contributed by atoms with Gasteiger partial charge in [0.1, 0.15) is 18.1 Å². The van der Waals surface area contributed by atoms with E-state index in [1.54, 1.807) is 0 Å². The molecule has 3 N–H and O–H groups in total. The van der Waals surface area contributed by atoms with E-state index in [-0.39, 0.29) is 6.04 Å². The van der Waals surface area contributed by atoms with E-state index < -0.39 is 0 Å². The maximum Gasteiger partial charge on any atom is 0.130 e. The lowest BCUT2D eigenvalue weighted by atomic mass is 10.0. The molecule has 3 nitrogen and oxygen atoms in total. The Morgan fingerprint density at radius 1 is 1.54 bits per heavy atom. The Morgan fingerprint density at radius 3 is 2.92 bits per heavy atom. The van der Waals surface area contributed by atoms with Crippen molar-refractivity contribution in [1.82, 2.24) is 0 Å². The molecule has 0 fully saturated rings. The average Bonchev–Trinajstić information content (AvgIpc) is 2.45. The monoisotopic (exact) mass is 179 g/mol. The first-order valence-electron chi connectivity index (χ1n) is 4.32. The number of hydrogen-bond donors (Lipinski definition) is 2. The van der Waals surface area contributed by atoms with E-state index in [0.29, 0.717) is 12.4 Å². The third-order valence-corrected chi connectivity index (χ3v) is 2.51. The first-order chi connectivity index (χ1) is 6.11. The first-order valence-corrected chi connectivity index (χ1v) is 4.32. The lowest BCUT2D eigenvalue weighted by Gasteiger charge is -2.08. The molecule has 1 heterocycles. The lowest BCUT2D eigenvalue weighted by molar-refractivity contribution is 0.329. The van der Waals surface area contributed by atoms with Crippen molar-refractivity contribution in [1.29, 1.82) is 0 Å². The number of phenols is 1. The van der Waals surface area contributed by atoms with Crippen LogP contribution in [-0.2, 0) is 0 Å². The van der Waals surface area contributed by atoms with Crippen molar-refractivity contribution in [3.8, 4) is 11.5 Å². The van der Waals surface area contributed by atoms with Gasteiger partial charge in [-0.15, -0.1) is 0 Å². The Morgan fingerprint density at radius 2 is 2.23 bits per heavy atom. The van der Waals surface area contributed by atoms with Gasteiger partial charge < -0.3 is 15.6 Å². The second kappa shape index (κ2) is 2.64. The zero-order chi connectivity index (χ0) is 9.59. The zero-order valence-corrected chi connectivity index (χ0v) is 7.79. The molecule has 1 aliphatic heterocycles. The third kappa shape index (κ3) is 1.08. The van der Waals surface area contributed by atoms with Gasteiger partial charge in [0.25, 0.3) is 0 Å². The fourth-order valence-electron chi connectivity index (χ4n) is 1.72. The maximum absolute atomic E-state index is 9.64. The van der Waals surface area contributed by atoms with Crippen LogP contribution in [0, 0.1) is 13.8 Å². The maximum atomic E-state index is 9.64. The SMILES string of the molecule is Cc1cc2c(c(C)c1O)OC[C@@H]2N. The first kappa shape index (κ1) is 8.38. The summed E-state index contributed by atoms with van der Waals surface area (Å²) >= 11 is 0. The van der Waals surface area contributed by atoms with Gasteiger partial charge in [0.05, 0.1) is 6.04 Å². The Kier molecular flexibility index (Phi) is 1.70. The summed E-state index contributed by atoms with van der Waals surface area (Å²) in [6.45, 7) is 4.23. The molecule has 1 aliphatic rings. The summed E-state index contributed by atoms with van der Waals surface area (Å²) in [6, 6.07) is 1.85. The summed E-state index contributed by atoms with van der Waals surface area (Å²) in [5, 5.41) is 9.64. The van der Waals surface area contributed by atoms with E-state index in [1.165, 1.54) is 0 Å². The van der Waals surface area contributed by atoms with E-state index in [1.807, 2.05) is 19.9 Å². The largest absolute Gasteiger partial charge is 0.507 e. The summed E-state index contributed by atoms with van der Waals surface area (Å²) in [5.74, 6) is 1.07. The number of fused-ring (bicyclic) bond motifs is 1. The molecule has 1 atom stereocenters. The molecule has 0 aliphatic carbocycles. The van der Waals surface area contributed by atoms with Crippen molar-refractivity contribution in [2.24, 2.45) is 5.73 Å². The molecular weight excluding hydrogens is 166 g/mol.